The lowest BCUT2D eigenvalue weighted by Gasteiger charge is -2.35. The highest BCUT2D eigenvalue weighted by Gasteiger charge is 2.30. The van der Waals surface area contributed by atoms with Crippen molar-refractivity contribution < 1.29 is 14.3 Å². The fraction of sp³-hybridized carbons (Fsp3) is 0.385. The molecule has 0 spiro atoms. The summed E-state index contributed by atoms with van der Waals surface area (Å²) in [7, 11) is 1.64. The number of aryl methyl sites for hydroxylation is 2. The van der Waals surface area contributed by atoms with Crippen LogP contribution in [0, 0.1) is 0 Å². The van der Waals surface area contributed by atoms with Crippen LogP contribution in [0.5, 0.6) is 5.75 Å². The van der Waals surface area contributed by atoms with Crippen LogP contribution in [0.4, 0.5) is 0 Å². The summed E-state index contributed by atoms with van der Waals surface area (Å²) in [5, 5.41) is 4.41. The number of ether oxygens (including phenoxy) is 2. The van der Waals surface area contributed by atoms with E-state index < -0.39 is 0 Å². The van der Waals surface area contributed by atoms with Gasteiger partial charge in [0.05, 0.1) is 18.3 Å². The van der Waals surface area contributed by atoms with Gasteiger partial charge in [-0.2, -0.15) is 0 Å². The Morgan fingerprint density at radius 1 is 1.16 bits per heavy atom. The van der Waals surface area contributed by atoms with E-state index >= 15 is 0 Å². The number of nitrogens with zero attached hydrogens (tertiary/aromatic N) is 1. The topological polar surface area (TPSA) is 69.6 Å². The van der Waals surface area contributed by atoms with Crippen LogP contribution in [0.15, 0.2) is 59.5 Å². The number of methoxy groups -OCH3 is 1. The Balaban J connectivity index is 1.60. The first-order valence-electron chi connectivity index (χ1n) is 11.1. The third kappa shape index (κ3) is 4.86. The van der Waals surface area contributed by atoms with E-state index in [2.05, 4.69) is 5.32 Å². The summed E-state index contributed by atoms with van der Waals surface area (Å²) in [5.74, 6) is 0.647. The molecule has 0 saturated carbocycles. The molecule has 168 valence electrons. The first-order valence-corrected chi connectivity index (χ1v) is 11.1. The van der Waals surface area contributed by atoms with Gasteiger partial charge in [0.15, 0.2) is 0 Å². The van der Waals surface area contributed by atoms with Crippen LogP contribution in [0.3, 0.4) is 0 Å². The Kier molecular flexibility index (Phi) is 6.33. The number of aromatic nitrogens is 1. The molecular formula is C26H30N2O4. The van der Waals surface area contributed by atoms with E-state index in [1.54, 1.807) is 23.9 Å². The summed E-state index contributed by atoms with van der Waals surface area (Å²) in [6.45, 7) is 5.20. The maximum absolute atomic E-state index is 13.3. The lowest BCUT2D eigenvalue weighted by atomic mass is 9.93. The fourth-order valence-corrected chi connectivity index (χ4v) is 4.35. The van der Waals surface area contributed by atoms with E-state index in [-0.39, 0.29) is 23.1 Å². The van der Waals surface area contributed by atoms with Crippen molar-refractivity contribution in [3.8, 4) is 5.75 Å². The van der Waals surface area contributed by atoms with Gasteiger partial charge in [0.25, 0.3) is 11.5 Å². The third-order valence-corrected chi connectivity index (χ3v) is 6.07. The van der Waals surface area contributed by atoms with E-state index in [0.29, 0.717) is 35.9 Å². The van der Waals surface area contributed by atoms with Crippen molar-refractivity contribution in [3.05, 3.63) is 76.2 Å². The molecule has 1 atom stereocenters. The molecule has 1 aliphatic rings. The number of amides is 1. The van der Waals surface area contributed by atoms with Gasteiger partial charge in [-0.3, -0.25) is 9.59 Å². The number of fused-ring (bicyclic) bond motifs is 1. The number of rotatable bonds is 6. The van der Waals surface area contributed by atoms with Crippen molar-refractivity contribution >= 4 is 16.7 Å². The number of carbonyl (C=O) groups is 1. The first-order chi connectivity index (χ1) is 15.4. The normalized spacial score (nSPS) is 17.8. The molecule has 1 saturated heterocycles. The van der Waals surface area contributed by atoms with Crippen molar-refractivity contribution in [2.75, 3.05) is 13.7 Å². The summed E-state index contributed by atoms with van der Waals surface area (Å²) in [6.07, 6.45) is 3.92. The second-order valence-corrected chi connectivity index (χ2v) is 8.96. The first kappa shape index (κ1) is 22.1. The summed E-state index contributed by atoms with van der Waals surface area (Å²) < 4.78 is 12.6. The molecule has 0 radical (unpaired) electrons. The third-order valence-electron chi connectivity index (χ3n) is 6.07. The lowest BCUT2D eigenvalue weighted by molar-refractivity contribution is -0.0615. The van der Waals surface area contributed by atoms with E-state index in [9.17, 15) is 9.59 Å². The molecule has 1 fully saturated rings. The molecule has 0 aliphatic carbocycles. The second-order valence-electron chi connectivity index (χ2n) is 8.96. The van der Waals surface area contributed by atoms with Gasteiger partial charge < -0.3 is 19.4 Å². The second kappa shape index (κ2) is 9.17. The smallest absolute Gasteiger partial charge is 0.258 e. The molecular weight excluding hydrogens is 404 g/mol. The zero-order chi connectivity index (χ0) is 22.7. The van der Waals surface area contributed by atoms with Gasteiger partial charge in [-0.25, -0.2) is 0 Å². The molecule has 3 aromatic rings. The van der Waals surface area contributed by atoms with Crippen molar-refractivity contribution in [1.29, 1.82) is 0 Å². The molecule has 1 aliphatic heterocycles. The van der Waals surface area contributed by atoms with Crippen molar-refractivity contribution in [2.24, 2.45) is 0 Å². The molecule has 1 aromatic heterocycles. The van der Waals surface area contributed by atoms with Crippen LogP contribution in [0.25, 0.3) is 10.8 Å². The summed E-state index contributed by atoms with van der Waals surface area (Å²) in [5.41, 5.74) is 1.29. The minimum Gasteiger partial charge on any atom is -0.497 e. The number of benzene rings is 2. The highest BCUT2D eigenvalue weighted by molar-refractivity contribution is 6.06. The molecule has 0 bridgehead atoms. The Hall–Kier alpha value is -3.12. The fourth-order valence-electron chi connectivity index (χ4n) is 4.35. The van der Waals surface area contributed by atoms with Crippen molar-refractivity contribution in [3.63, 3.8) is 0 Å². The molecule has 1 amide bonds. The molecule has 32 heavy (non-hydrogen) atoms. The summed E-state index contributed by atoms with van der Waals surface area (Å²) >= 11 is 0. The highest BCUT2D eigenvalue weighted by atomic mass is 16.5. The van der Waals surface area contributed by atoms with Gasteiger partial charge in [-0.15, -0.1) is 0 Å². The summed E-state index contributed by atoms with van der Waals surface area (Å²) in [6, 6.07) is 15.2. The van der Waals surface area contributed by atoms with Gasteiger partial charge in [-0.1, -0.05) is 30.3 Å². The van der Waals surface area contributed by atoms with Gasteiger partial charge in [0.1, 0.15) is 5.75 Å². The molecule has 2 aromatic carbocycles. The maximum atomic E-state index is 13.3. The van der Waals surface area contributed by atoms with E-state index in [0.717, 1.165) is 24.2 Å². The number of nitrogens with one attached hydrogen (secondary N) is 1. The van der Waals surface area contributed by atoms with Crippen LogP contribution >= 0.6 is 0 Å². The van der Waals surface area contributed by atoms with E-state index in [1.807, 2.05) is 56.3 Å². The zero-order valence-electron chi connectivity index (χ0n) is 18.9. The van der Waals surface area contributed by atoms with E-state index in [1.165, 1.54) is 0 Å². The van der Waals surface area contributed by atoms with Crippen LogP contribution in [0.2, 0.25) is 0 Å². The Morgan fingerprint density at radius 3 is 2.56 bits per heavy atom. The Bertz CT molecular complexity index is 1160. The zero-order valence-corrected chi connectivity index (χ0v) is 18.9. The predicted octanol–water partition coefficient (Wildman–Crippen LogP) is 3.94. The van der Waals surface area contributed by atoms with Gasteiger partial charge in [0, 0.05) is 36.2 Å². The predicted molar refractivity (Wildman–Crippen MR) is 125 cm³/mol. The number of hydrogen-bond acceptors (Lipinski definition) is 4. The molecule has 1 N–H and O–H groups in total. The van der Waals surface area contributed by atoms with Crippen molar-refractivity contribution in [2.45, 2.75) is 51.3 Å². The quantitative estimate of drug-likeness (QED) is 0.638. The number of hydrogen-bond donors (Lipinski definition) is 1. The van der Waals surface area contributed by atoms with Crippen molar-refractivity contribution in [1.82, 2.24) is 9.88 Å². The molecule has 0 unspecified atom stereocenters. The maximum Gasteiger partial charge on any atom is 0.258 e. The summed E-state index contributed by atoms with van der Waals surface area (Å²) in [4.78, 5) is 26.4. The SMILES string of the molecule is COc1ccc(CCn2cc(C(=O)N[C@H]3CCOC(C)(C)C3)c3ccccc3c2=O)cc1. The molecule has 6 nitrogen and oxygen atoms in total. The monoisotopic (exact) mass is 434 g/mol. The number of carbonyl (C=O) groups excluding carboxylic acids is 1. The largest absolute Gasteiger partial charge is 0.497 e. The minimum absolute atomic E-state index is 0.0460. The average Bonchev–Trinajstić information content (AvgIpc) is 2.78. The standard InChI is InChI=1S/C26H30N2O4/c1-26(2)16-19(13-15-32-26)27-24(29)23-17-28(25(30)22-7-5-4-6-21(22)23)14-12-18-8-10-20(31-3)11-9-18/h4-11,17,19H,12-16H2,1-3H3,(H,27,29)/t19-/m0/s1. The van der Waals surface area contributed by atoms with Crippen LogP contribution in [0.1, 0.15) is 42.6 Å². The van der Waals surface area contributed by atoms with Gasteiger partial charge >= 0.3 is 0 Å². The average molecular weight is 435 g/mol. The Labute approximate surface area is 188 Å². The molecule has 2 heterocycles. The molecule has 6 heteroatoms. The van der Waals surface area contributed by atoms with Crippen LogP contribution < -0.4 is 15.6 Å². The highest BCUT2D eigenvalue weighted by Crippen LogP contribution is 2.25. The lowest BCUT2D eigenvalue weighted by Crippen LogP contribution is -2.46. The van der Waals surface area contributed by atoms with Crippen LogP contribution in [-0.4, -0.2) is 35.8 Å². The van der Waals surface area contributed by atoms with E-state index in [4.69, 9.17) is 9.47 Å². The minimum atomic E-state index is -0.255. The van der Waals surface area contributed by atoms with Gasteiger partial charge in [-0.05, 0) is 56.9 Å². The molecule has 4 rings (SSSR count). The van der Waals surface area contributed by atoms with Crippen LogP contribution in [-0.2, 0) is 17.7 Å². The number of pyridine rings is 1. The van der Waals surface area contributed by atoms with Gasteiger partial charge in [0.2, 0.25) is 0 Å². The Morgan fingerprint density at radius 2 is 1.88 bits per heavy atom.